The maximum absolute atomic E-state index is 13.5. The minimum absolute atomic E-state index is 0.00271. The van der Waals surface area contributed by atoms with Gasteiger partial charge in [0, 0.05) is 66.6 Å². The quantitative estimate of drug-likeness (QED) is 0.632. The maximum Gasteiger partial charge on any atom is 0.254 e. The lowest BCUT2D eigenvalue weighted by Gasteiger charge is -2.43. The summed E-state index contributed by atoms with van der Waals surface area (Å²) in [6.45, 7) is 1.85. The first kappa shape index (κ1) is 19.2. The Morgan fingerprint density at radius 3 is 2.72 bits per heavy atom. The summed E-state index contributed by atoms with van der Waals surface area (Å²) in [5.41, 5.74) is 4.84. The number of amides is 1. The van der Waals surface area contributed by atoms with Crippen LogP contribution in [0, 0.1) is 5.92 Å². The van der Waals surface area contributed by atoms with Crippen LogP contribution in [0.4, 0.5) is 0 Å². The molecule has 0 radical (unpaired) electrons. The molecule has 1 fully saturated rings. The third-order valence-electron chi connectivity index (χ3n) is 7.11. The van der Waals surface area contributed by atoms with Crippen LogP contribution < -0.4 is 5.56 Å². The van der Waals surface area contributed by atoms with Gasteiger partial charge in [-0.2, -0.15) is 0 Å². The highest BCUT2D eigenvalue weighted by molar-refractivity contribution is 6.05. The molecule has 3 aromatic rings. The first-order valence-corrected chi connectivity index (χ1v) is 11.2. The molecule has 2 aliphatic heterocycles. The number of hydrogen-bond acceptors (Lipinski definition) is 4. The Bertz CT molecular complexity index is 1310. The Labute approximate surface area is 185 Å². The van der Waals surface area contributed by atoms with Crippen molar-refractivity contribution in [1.29, 1.82) is 0 Å². The van der Waals surface area contributed by atoms with E-state index in [-0.39, 0.29) is 29.1 Å². The van der Waals surface area contributed by atoms with Gasteiger partial charge in [-0.25, -0.2) is 0 Å². The summed E-state index contributed by atoms with van der Waals surface area (Å²) >= 11 is 0. The van der Waals surface area contributed by atoms with E-state index in [4.69, 9.17) is 0 Å². The van der Waals surface area contributed by atoms with Crippen molar-refractivity contribution < 1.29 is 9.59 Å². The molecule has 160 valence electrons. The summed E-state index contributed by atoms with van der Waals surface area (Å²) in [7, 11) is 0. The Morgan fingerprint density at radius 1 is 0.969 bits per heavy atom. The van der Waals surface area contributed by atoms with E-state index in [1.807, 2.05) is 45.9 Å². The molecule has 2 bridgehead atoms. The lowest BCUT2D eigenvalue weighted by Crippen LogP contribution is -2.49. The lowest BCUT2D eigenvalue weighted by molar-refractivity contribution is 0.0593. The van der Waals surface area contributed by atoms with Crippen LogP contribution in [0.3, 0.4) is 0 Å². The molecule has 6 heteroatoms. The van der Waals surface area contributed by atoms with Crippen molar-refractivity contribution in [3.8, 4) is 11.3 Å². The molecule has 1 saturated heterocycles. The number of hydrogen-bond donors (Lipinski definition) is 0. The fraction of sp³-hybridized carbons (Fsp3) is 0.308. The molecule has 0 saturated carbocycles. The van der Waals surface area contributed by atoms with Gasteiger partial charge < -0.3 is 9.47 Å². The highest BCUT2D eigenvalue weighted by Gasteiger charge is 2.38. The molecule has 0 unspecified atom stereocenters. The van der Waals surface area contributed by atoms with Gasteiger partial charge in [-0.1, -0.05) is 18.2 Å². The number of Topliss-reactive ketones (excluding diaryl/α,β-unsaturated/α-hetero) is 1. The van der Waals surface area contributed by atoms with E-state index in [0.29, 0.717) is 43.6 Å². The van der Waals surface area contributed by atoms with E-state index >= 15 is 0 Å². The van der Waals surface area contributed by atoms with Crippen molar-refractivity contribution >= 4 is 11.7 Å². The van der Waals surface area contributed by atoms with Crippen LogP contribution in [-0.2, 0) is 13.0 Å². The third kappa shape index (κ3) is 3.01. The number of benzene rings is 1. The number of aromatic nitrogens is 2. The predicted molar refractivity (Wildman–Crippen MR) is 120 cm³/mol. The van der Waals surface area contributed by atoms with Gasteiger partial charge in [0.1, 0.15) is 0 Å². The molecule has 1 aliphatic carbocycles. The molecule has 4 heterocycles. The molecule has 1 amide bonds. The van der Waals surface area contributed by atoms with E-state index in [9.17, 15) is 14.4 Å². The largest absolute Gasteiger partial charge is 0.338 e. The number of nitrogens with zero attached hydrogens (tertiary/aromatic N) is 3. The normalized spacial score (nSPS) is 21.2. The smallest absolute Gasteiger partial charge is 0.254 e. The summed E-state index contributed by atoms with van der Waals surface area (Å²) in [6.07, 6.45) is 3.83. The minimum atomic E-state index is -0.00276. The van der Waals surface area contributed by atoms with Crippen LogP contribution in [0.15, 0.2) is 59.5 Å². The fourth-order valence-electron chi connectivity index (χ4n) is 5.67. The first-order valence-electron chi connectivity index (χ1n) is 11.2. The minimum Gasteiger partial charge on any atom is -0.338 e. The second-order valence-corrected chi connectivity index (χ2v) is 9.10. The van der Waals surface area contributed by atoms with Crippen LogP contribution in [0.1, 0.15) is 50.7 Å². The monoisotopic (exact) mass is 425 g/mol. The van der Waals surface area contributed by atoms with E-state index in [0.717, 1.165) is 28.9 Å². The second-order valence-electron chi connectivity index (χ2n) is 9.10. The zero-order valence-electron chi connectivity index (χ0n) is 17.7. The summed E-state index contributed by atoms with van der Waals surface area (Å²) < 4.78 is 1.88. The van der Waals surface area contributed by atoms with E-state index in [1.165, 1.54) is 0 Å². The predicted octanol–water partition coefficient (Wildman–Crippen LogP) is 3.30. The average molecular weight is 425 g/mol. The van der Waals surface area contributed by atoms with Crippen molar-refractivity contribution in [2.45, 2.75) is 31.7 Å². The van der Waals surface area contributed by atoms with Crippen molar-refractivity contribution in [1.82, 2.24) is 14.5 Å². The maximum atomic E-state index is 13.5. The average Bonchev–Trinajstić information content (AvgIpc) is 3.20. The standard InChI is InChI=1S/C26H23N3O3/c30-24-8-7-19-20(24)4-3-5-21(19)26(32)28-13-16-10-18(15-28)23-11-17(12-25(31)29(23)14-16)22-6-1-2-9-27-22/h1-6,9,11-12,16,18H,7-8,10,13-15H2/t16-,18+/m0/s1. The van der Waals surface area contributed by atoms with Crippen molar-refractivity contribution in [2.75, 3.05) is 13.1 Å². The van der Waals surface area contributed by atoms with Gasteiger partial charge in [0.2, 0.25) is 0 Å². The van der Waals surface area contributed by atoms with E-state index < -0.39 is 0 Å². The lowest BCUT2D eigenvalue weighted by atomic mass is 9.82. The van der Waals surface area contributed by atoms with Crippen LogP contribution in [-0.4, -0.2) is 39.2 Å². The number of fused-ring (bicyclic) bond motifs is 5. The SMILES string of the molecule is O=C1CCc2c1cccc2C(=O)N1C[C@@H]2C[C@H](C1)c1cc(-c3ccccn3)cc(=O)n1C2. The molecular weight excluding hydrogens is 402 g/mol. The molecule has 6 nitrogen and oxygen atoms in total. The number of ketones is 1. The summed E-state index contributed by atoms with van der Waals surface area (Å²) in [5, 5.41) is 0. The van der Waals surface area contributed by atoms with Crippen molar-refractivity contribution in [3.05, 3.63) is 87.5 Å². The third-order valence-corrected chi connectivity index (χ3v) is 7.11. The van der Waals surface area contributed by atoms with Gasteiger partial charge in [0.25, 0.3) is 11.5 Å². The van der Waals surface area contributed by atoms with Crippen LogP contribution in [0.2, 0.25) is 0 Å². The highest BCUT2D eigenvalue weighted by Crippen LogP contribution is 2.37. The van der Waals surface area contributed by atoms with Crippen LogP contribution >= 0.6 is 0 Å². The zero-order valence-corrected chi connectivity index (χ0v) is 17.7. The Balaban J connectivity index is 1.34. The van der Waals surface area contributed by atoms with Gasteiger partial charge in [-0.3, -0.25) is 19.4 Å². The van der Waals surface area contributed by atoms with Crippen molar-refractivity contribution in [3.63, 3.8) is 0 Å². The van der Waals surface area contributed by atoms with Gasteiger partial charge in [-0.05, 0) is 48.6 Å². The molecule has 32 heavy (non-hydrogen) atoms. The zero-order chi connectivity index (χ0) is 21.8. The van der Waals surface area contributed by atoms with Crippen LogP contribution in [0.25, 0.3) is 11.3 Å². The molecule has 1 aromatic carbocycles. The number of rotatable bonds is 2. The number of carbonyl (C=O) groups is 2. The van der Waals surface area contributed by atoms with Crippen LogP contribution in [0.5, 0.6) is 0 Å². The molecule has 0 N–H and O–H groups in total. The van der Waals surface area contributed by atoms with Gasteiger partial charge >= 0.3 is 0 Å². The van der Waals surface area contributed by atoms with E-state index in [1.54, 1.807) is 12.3 Å². The number of likely N-dealkylation sites (tertiary alicyclic amines) is 1. The number of carbonyl (C=O) groups excluding carboxylic acids is 2. The second kappa shape index (κ2) is 7.26. The van der Waals surface area contributed by atoms with Gasteiger partial charge in [0.15, 0.2) is 5.78 Å². The van der Waals surface area contributed by atoms with Crippen molar-refractivity contribution in [2.24, 2.45) is 5.92 Å². The highest BCUT2D eigenvalue weighted by atomic mass is 16.2. The number of piperidine rings is 1. The van der Waals surface area contributed by atoms with E-state index in [2.05, 4.69) is 11.1 Å². The molecule has 2 aromatic heterocycles. The summed E-state index contributed by atoms with van der Waals surface area (Å²) in [5.74, 6) is 0.492. The first-order chi connectivity index (χ1) is 15.6. The Kier molecular flexibility index (Phi) is 4.35. The Morgan fingerprint density at radius 2 is 1.88 bits per heavy atom. The fourth-order valence-corrected chi connectivity index (χ4v) is 5.67. The summed E-state index contributed by atoms with van der Waals surface area (Å²) in [4.78, 5) is 44.9. The van der Waals surface area contributed by atoms with Gasteiger partial charge in [0.05, 0.1) is 5.69 Å². The summed E-state index contributed by atoms with van der Waals surface area (Å²) in [6, 6.07) is 14.9. The molecule has 0 spiro atoms. The molecule has 3 aliphatic rings. The topological polar surface area (TPSA) is 72.3 Å². The molecule has 6 rings (SSSR count). The molecule has 2 atom stereocenters. The van der Waals surface area contributed by atoms with Gasteiger partial charge in [-0.15, -0.1) is 0 Å². The Hall–Kier alpha value is -3.54. The molecular formula is C26H23N3O3. The number of pyridine rings is 2.